The van der Waals surface area contributed by atoms with Gasteiger partial charge in [-0.1, -0.05) is 24.3 Å². The van der Waals surface area contributed by atoms with E-state index >= 15 is 0 Å². The highest BCUT2D eigenvalue weighted by Crippen LogP contribution is 2.20. The van der Waals surface area contributed by atoms with Crippen molar-refractivity contribution in [2.24, 2.45) is 5.92 Å². The zero-order chi connectivity index (χ0) is 19.9. The number of carbonyl (C=O) groups is 1. The van der Waals surface area contributed by atoms with Gasteiger partial charge in [-0.3, -0.25) is 9.69 Å². The number of piperidine rings is 1. The van der Waals surface area contributed by atoms with Crippen molar-refractivity contribution in [2.45, 2.75) is 45.9 Å². The van der Waals surface area contributed by atoms with Crippen LogP contribution >= 0.6 is 0 Å². The fourth-order valence-corrected chi connectivity index (χ4v) is 3.60. The Hall–Kier alpha value is -2.40. The minimum absolute atomic E-state index is 0.00991. The maximum atomic E-state index is 13.1. The first kappa shape index (κ1) is 20.3. The van der Waals surface area contributed by atoms with Crippen LogP contribution < -0.4 is 10.1 Å². The number of nitrogens with zero attached hydrogens (tertiary/aromatic N) is 1. The number of likely N-dealkylation sites (tertiary alicyclic amines) is 1. The zero-order valence-electron chi connectivity index (χ0n) is 16.7. The highest BCUT2D eigenvalue weighted by molar-refractivity contribution is 5.79. The number of amides is 1. The summed E-state index contributed by atoms with van der Waals surface area (Å²) in [5, 5.41) is 3.07. The van der Waals surface area contributed by atoms with E-state index in [-0.39, 0.29) is 23.7 Å². The molecule has 1 saturated heterocycles. The lowest BCUT2D eigenvalue weighted by atomic mass is 9.96. The highest BCUT2D eigenvalue weighted by atomic mass is 19.1. The van der Waals surface area contributed by atoms with Gasteiger partial charge in [0.1, 0.15) is 11.6 Å². The van der Waals surface area contributed by atoms with Crippen LogP contribution in [0.2, 0.25) is 0 Å². The Kier molecular flexibility index (Phi) is 7.04. The monoisotopic (exact) mass is 384 g/mol. The Morgan fingerprint density at radius 2 is 2.00 bits per heavy atom. The molecule has 1 fully saturated rings. The minimum atomic E-state index is -0.220. The number of rotatable bonds is 7. The molecule has 1 N–H and O–H groups in total. The summed E-state index contributed by atoms with van der Waals surface area (Å²) in [5.74, 6) is 0.690. The standard InChI is InChI=1S/C23H29FN2O2/c1-17(2)28-22-7-3-5-19(13-22)14-25-23(27)20-6-4-12-26(16-20)15-18-8-10-21(24)11-9-18/h3,5,7-11,13,17,20H,4,6,12,14-16H2,1-2H3,(H,25,27)/t20-/m1/s1. The lowest BCUT2D eigenvalue weighted by Gasteiger charge is -2.32. The van der Waals surface area contributed by atoms with Crippen LogP contribution in [0.25, 0.3) is 0 Å². The van der Waals surface area contributed by atoms with Crippen LogP contribution in [0.15, 0.2) is 48.5 Å². The lowest BCUT2D eigenvalue weighted by molar-refractivity contribution is -0.126. The summed E-state index contributed by atoms with van der Waals surface area (Å²) >= 11 is 0. The number of hydrogen-bond donors (Lipinski definition) is 1. The van der Waals surface area contributed by atoms with Crippen molar-refractivity contribution in [3.05, 3.63) is 65.5 Å². The van der Waals surface area contributed by atoms with Crippen molar-refractivity contribution in [2.75, 3.05) is 13.1 Å². The Bertz CT molecular complexity index is 776. The predicted molar refractivity (Wildman–Crippen MR) is 108 cm³/mol. The molecule has 4 nitrogen and oxygen atoms in total. The molecular weight excluding hydrogens is 355 g/mol. The van der Waals surface area contributed by atoms with Crippen molar-refractivity contribution >= 4 is 5.91 Å². The molecule has 1 atom stereocenters. The molecule has 0 radical (unpaired) electrons. The third kappa shape index (κ3) is 6.06. The topological polar surface area (TPSA) is 41.6 Å². The number of hydrogen-bond acceptors (Lipinski definition) is 3. The fraction of sp³-hybridized carbons (Fsp3) is 0.435. The van der Waals surface area contributed by atoms with Crippen molar-refractivity contribution in [3.63, 3.8) is 0 Å². The molecule has 1 heterocycles. The van der Waals surface area contributed by atoms with E-state index in [0.29, 0.717) is 6.54 Å². The number of carbonyl (C=O) groups excluding carboxylic acids is 1. The van der Waals surface area contributed by atoms with Gasteiger partial charge in [0.2, 0.25) is 5.91 Å². The second kappa shape index (κ2) is 9.69. The third-order valence-electron chi connectivity index (χ3n) is 4.93. The molecule has 1 amide bonds. The first-order valence-corrected chi connectivity index (χ1v) is 9.99. The summed E-state index contributed by atoms with van der Waals surface area (Å²) in [6, 6.07) is 14.4. The minimum Gasteiger partial charge on any atom is -0.491 e. The Labute approximate surface area is 166 Å². The molecule has 3 rings (SSSR count). The van der Waals surface area contributed by atoms with Gasteiger partial charge in [0.15, 0.2) is 0 Å². The van der Waals surface area contributed by atoms with E-state index < -0.39 is 0 Å². The van der Waals surface area contributed by atoms with E-state index in [1.807, 2.05) is 50.2 Å². The molecule has 2 aromatic rings. The van der Waals surface area contributed by atoms with Crippen LogP contribution in [0.1, 0.15) is 37.8 Å². The molecule has 28 heavy (non-hydrogen) atoms. The molecule has 0 aliphatic carbocycles. The summed E-state index contributed by atoms with van der Waals surface area (Å²) in [4.78, 5) is 14.9. The van der Waals surface area contributed by atoms with Crippen molar-refractivity contribution < 1.29 is 13.9 Å². The predicted octanol–water partition coefficient (Wildman–Crippen LogP) is 4.14. The summed E-state index contributed by atoms with van der Waals surface area (Å²) in [6.45, 7) is 6.95. The quantitative estimate of drug-likeness (QED) is 0.780. The summed E-state index contributed by atoms with van der Waals surface area (Å²) < 4.78 is 18.8. The second-order valence-electron chi connectivity index (χ2n) is 7.73. The van der Waals surface area contributed by atoms with Crippen LogP contribution in [0, 0.1) is 11.7 Å². The molecule has 5 heteroatoms. The van der Waals surface area contributed by atoms with E-state index in [4.69, 9.17) is 4.74 Å². The van der Waals surface area contributed by atoms with Gasteiger partial charge in [0.05, 0.1) is 12.0 Å². The average molecular weight is 384 g/mol. The molecule has 1 aliphatic rings. The van der Waals surface area contributed by atoms with Crippen LogP contribution in [0.5, 0.6) is 5.75 Å². The number of halogens is 1. The van der Waals surface area contributed by atoms with Gasteiger partial charge >= 0.3 is 0 Å². The SMILES string of the molecule is CC(C)Oc1cccc(CNC(=O)[C@@H]2CCCN(Cc3ccc(F)cc3)C2)c1. The third-order valence-corrected chi connectivity index (χ3v) is 4.93. The summed E-state index contributed by atoms with van der Waals surface area (Å²) in [6.07, 6.45) is 2.03. The molecule has 1 aliphatic heterocycles. The van der Waals surface area contributed by atoms with Crippen molar-refractivity contribution in [1.82, 2.24) is 10.2 Å². The Morgan fingerprint density at radius 3 is 2.75 bits per heavy atom. The van der Waals surface area contributed by atoms with E-state index in [0.717, 1.165) is 49.4 Å². The second-order valence-corrected chi connectivity index (χ2v) is 7.73. The van der Waals surface area contributed by atoms with E-state index in [9.17, 15) is 9.18 Å². The number of nitrogens with one attached hydrogen (secondary N) is 1. The Balaban J connectivity index is 1.50. The first-order chi connectivity index (χ1) is 13.5. The first-order valence-electron chi connectivity index (χ1n) is 9.99. The van der Waals surface area contributed by atoms with Crippen LogP contribution in [-0.4, -0.2) is 30.0 Å². The summed E-state index contributed by atoms with van der Waals surface area (Å²) in [7, 11) is 0. The number of benzene rings is 2. The van der Waals surface area contributed by atoms with E-state index in [1.54, 1.807) is 0 Å². The van der Waals surface area contributed by atoms with Gasteiger partial charge in [-0.25, -0.2) is 4.39 Å². The molecule has 0 spiro atoms. The molecule has 0 aromatic heterocycles. The molecule has 150 valence electrons. The van der Waals surface area contributed by atoms with Crippen LogP contribution in [-0.2, 0) is 17.9 Å². The van der Waals surface area contributed by atoms with Gasteiger partial charge in [-0.15, -0.1) is 0 Å². The van der Waals surface area contributed by atoms with E-state index in [1.165, 1.54) is 12.1 Å². The molecule has 0 saturated carbocycles. The van der Waals surface area contributed by atoms with Gasteiger partial charge < -0.3 is 10.1 Å². The highest BCUT2D eigenvalue weighted by Gasteiger charge is 2.25. The molecule has 2 aromatic carbocycles. The normalized spacial score (nSPS) is 17.5. The van der Waals surface area contributed by atoms with Crippen LogP contribution in [0.4, 0.5) is 4.39 Å². The average Bonchev–Trinajstić information content (AvgIpc) is 2.68. The molecule has 0 bridgehead atoms. The van der Waals surface area contributed by atoms with Gasteiger partial charge in [0, 0.05) is 19.6 Å². The van der Waals surface area contributed by atoms with Crippen LogP contribution in [0.3, 0.4) is 0 Å². The maximum absolute atomic E-state index is 13.1. The van der Waals surface area contributed by atoms with E-state index in [2.05, 4.69) is 10.2 Å². The summed E-state index contributed by atoms with van der Waals surface area (Å²) in [5.41, 5.74) is 2.11. The number of ether oxygens (including phenoxy) is 1. The van der Waals surface area contributed by atoms with Gasteiger partial charge in [0.25, 0.3) is 0 Å². The largest absolute Gasteiger partial charge is 0.491 e. The smallest absolute Gasteiger partial charge is 0.224 e. The zero-order valence-corrected chi connectivity index (χ0v) is 16.7. The lowest BCUT2D eigenvalue weighted by Crippen LogP contribution is -2.42. The van der Waals surface area contributed by atoms with Gasteiger partial charge in [-0.05, 0) is 68.6 Å². The molecule has 0 unspecified atom stereocenters. The fourth-order valence-electron chi connectivity index (χ4n) is 3.60. The maximum Gasteiger partial charge on any atom is 0.224 e. The Morgan fingerprint density at radius 1 is 1.21 bits per heavy atom. The van der Waals surface area contributed by atoms with Crippen molar-refractivity contribution in [1.29, 1.82) is 0 Å². The molecular formula is C23H29FN2O2. The van der Waals surface area contributed by atoms with Gasteiger partial charge in [-0.2, -0.15) is 0 Å². The van der Waals surface area contributed by atoms with Crippen molar-refractivity contribution in [3.8, 4) is 5.75 Å².